The maximum absolute atomic E-state index is 12.5. The lowest BCUT2D eigenvalue weighted by Gasteiger charge is -2.09. The molecular formula is C20H15NO6. The number of carbonyl (C=O) groups is 3. The molecule has 0 aliphatic carbocycles. The molecule has 3 aromatic rings. The van der Waals surface area contributed by atoms with Crippen molar-refractivity contribution in [2.75, 3.05) is 12.4 Å². The normalized spacial score (nSPS) is 10.4. The largest absolute Gasteiger partial charge is 0.506 e. The van der Waals surface area contributed by atoms with Crippen LogP contribution in [0.2, 0.25) is 0 Å². The van der Waals surface area contributed by atoms with Crippen LogP contribution in [0, 0.1) is 0 Å². The molecule has 7 nitrogen and oxygen atoms in total. The number of aromatic carboxylic acids is 1. The Kier molecular flexibility index (Phi) is 4.76. The van der Waals surface area contributed by atoms with Gasteiger partial charge in [-0.3, -0.25) is 4.79 Å². The first-order chi connectivity index (χ1) is 12.9. The number of phenolic OH excluding ortho intramolecular Hbond substituents is 1. The number of esters is 1. The molecule has 3 N–H and O–H groups in total. The SMILES string of the molecule is COC(=O)c1ccc2cc(C(=O)Nc3cc(C(=O)O)ccc3O)ccc2c1. The van der Waals surface area contributed by atoms with E-state index in [1.807, 2.05) is 0 Å². The Morgan fingerprint density at radius 1 is 0.852 bits per heavy atom. The van der Waals surface area contributed by atoms with Gasteiger partial charge in [-0.05, 0) is 53.2 Å². The molecule has 3 aromatic carbocycles. The van der Waals surface area contributed by atoms with Crippen LogP contribution in [0.3, 0.4) is 0 Å². The number of methoxy groups -OCH3 is 1. The van der Waals surface area contributed by atoms with E-state index in [0.29, 0.717) is 11.1 Å². The molecule has 0 unspecified atom stereocenters. The third kappa shape index (κ3) is 3.72. The van der Waals surface area contributed by atoms with Crippen molar-refractivity contribution in [3.05, 3.63) is 71.3 Å². The Bertz CT molecular complexity index is 1070. The minimum Gasteiger partial charge on any atom is -0.506 e. The number of carbonyl (C=O) groups excluding carboxylic acids is 2. The van der Waals surface area contributed by atoms with Crippen molar-refractivity contribution in [2.24, 2.45) is 0 Å². The minimum atomic E-state index is -1.17. The van der Waals surface area contributed by atoms with E-state index in [2.05, 4.69) is 10.1 Å². The van der Waals surface area contributed by atoms with Crippen LogP contribution in [0.5, 0.6) is 5.75 Å². The molecule has 1 amide bonds. The second-order valence-electron chi connectivity index (χ2n) is 5.76. The summed E-state index contributed by atoms with van der Waals surface area (Å²) in [5.74, 6) is -2.37. The van der Waals surface area contributed by atoms with Crippen LogP contribution in [0.1, 0.15) is 31.1 Å². The van der Waals surface area contributed by atoms with Gasteiger partial charge in [-0.2, -0.15) is 0 Å². The number of rotatable bonds is 4. The fourth-order valence-corrected chi connectivity index (χ4v) is 2.60. The lowest BCUT2D eigenvalue weighted by atomic mass is 10.0. The number of ether oxygens (including phenoxy) is 1. The van der Waals surface area contributed by atoms with Crippen molar-refractivity contribution in [3.63, 3.8) is 0 Å². The summed E-state index contributed by atoms with van der Waals surface area (Å²) in [6, 6.07) is 13.4. The van der Waals surface area contributed by atoms with E-state index in [1.54, 1.807) is 36.4 Å². The summed E-state index contributed by atoms with van der Waals surface area (Å²) >= 11 is 0. The van der Waals surface area contributed by atoms with Gasteiger partial charge in [-0.1, -0.05) is 12.1 Å². The Hall–Kier alpha value is -3.87. The fourth-order valence-electron chi connectivity index (χ4n) is 2.60. The quantitative estimate of drug-likeness (QED) is 0.483. The Morgan fingerprint density at radius 3 is 2.07 bits per heavy atom. The van der Waals surface area contributed by atoms with Crippen molar-refractivity contribution in [3.8, 4) is 5.75 Å². The predicted molar refractivity (Wildman–Crippen MR) is 98.3 cm³/mol. The number of hydrogen-bond donors (Lipinski definition) is 3. The van der Waals surface area contributed by atoms with Crippen LogP contribution < -0.4 is 5.32 Å². The number of hydrogen-bond acceptors (Lipinski definition) is 5. The van der Waals surface area contributed by atoms with E-state index >= 15 is 0 Å². The lowest BCUT2D eigenvalue weighted by Crippen LogP contribution is -2.12. The molecule has 0 spiro atoms. The molecule has 0 aliphatic rings. The topological polar surface area (TPSA) is 113 Å². The van der Waals surface area contributed by atoms with Crippen LogP contribution in [-0.4, -0.2) is 35.2 Å². The summed E-state index contributed by atoms with van der Waals surface area (Å²) in [4.78, 5) is 35.1. The number of amides is 1. The highest BCUT2D eigenvalue weighted by Gasteiger charge is 2.13. The number of phenols is 1. The summed E-state index contributed by atoms with van der Waals surface area (Å²) in [5, 5.41) is 22.8. The van der Waals surface area contributed by atoms with Gasteiger partial charge in [0.05, 0.1) is 23.9 Å². The zero-order valence-electron chi connectivity index (χ0n) is 14.2. The number of fused-ring (bicyclic) bond motifs is 1. The van der Waals surface area contributed by atoms with Crippen LogP contribution in [0.15, 0.2) is 54.6 Å². The number of anilines is 1. The van der Waals surface area contributed by atoms with Gasteiger partial charge in [0.1, 0.15) is 5.75 Å². The predicted octanol–water partition coefficient (Wildman–Crippen LogP) is 3.28. The smallest absolute Gasteiger partial charge is 0.337 e. The van der Waals surface area contributed by atoms with Crippen molar-refractivity contribution in [1.82, 2.24) is 0 Å². The number of carboxylic acids is 1. The van der Waals surface area contributed by atoms with Crippen LogP contribution >= 0.6 is 0 Å². The van der Waals surface area contributed by atoms with Crippen LogP contribution in [0.25, 0.3) is 10.8 Å². The summed E-state index contributed by atoms with van der Waals surface area (Å²) in [5.41, 5.74) is 0.657. The summed E-state index contributed by atoms with van der Waals surface area (Å²) < 4.78 is 4.68. The summed E-state index contributed by atoms with van der Waals surface area (Å²) in [6.45, 7) is 0. The third-order valence-corrected chi connectivity index (χ3v) is 4.02. The maximum atomic E-state index is 12.5. The van der Waals surface area contributed by atoms with E-state index in [9.17, 15) is 19.5 Å². The second kappa shape index (κ2) is 7.17. The van der Waals surface area contributed by atoms with Crippen molar-refractivity contribution < 1.29 is 29.3 Å². The van der Waals surface area contributed by atoms with Gasteiger partial charge in [-0.25, -0.2) is 9.59 Å². The monoisotopic (exact) mass is 365 g/mol. The lowest BCUT2D eigenvalue weighted by molar-refractivity contribution is 0.0600. The summed E-state index contributed by atoms with van der Waals surface area (Å²) in [6.07, 6.45) is 0. The molecule has 0 fully saturated rings. The maximum Gasteiger partial charge on any atom is 0.337 e. The first-order valence-electron chi connectivity index (χ1n) is 7.89. The zero-order valence-corrected chi connectivity index (χ0v) is 14.2. The van der Waals surface area contributed by atoms with Gasteiger partial charge < -0.3 is 20.3 Å². The third-order valence-electron chi connectivity index (χ3n) is 4.02. The first-order valence-corrected chi connectivity index (χ1v) is 7.89. The van der Waals surface area contributed by atoms with Gasteiger partial charge in [0.25, 0.3) is 5.91 Å². The van der Waals surface area contributed by atoms with Crippen LogP contribution in [-0.2, 0) is 4.74 Å². The highest BCUT2D eigenvalue weighted by molar-refractivity contribution is 6.08. The van der Waals surface area contributed by atoms with E-state index < -0.39 is 17.8 Å². The molecule has 27 heavy (non-hydrogen) atoms. The highest BCUT2D eigenvalue weighted by Crippen LogP contribution is 2.25. The molecule has 0 heterocycles. The molecular weight excluding hydrogens is 350 g/mol. The van der Waals surface area contributed by atoms with E-state index in [-0.39, 0.29) is 17.0 Å². The van der Waals surface area contributed by atoms with Crippen molar-refractivity contribution >= 4 is 34.3 Å². The van der Waals surface area contributed by atoms with Gasteiger partial charge in [0, 0.05) is 5.56 Å². The molecule has 0 radical (unpaired) electrons. The Morgan fingerprint density at radius 2 is 1.44 bits per heavy atom. The molecule has 0 aromatic heterocycles. The average Bonchev–Trinajstić information content (AvgIpc) is 2.67. The Labute approximate surface area is 153 Å². The van der Waals surface area contributed by atoms with Crippen molar-refractivity contribution in [1.29, 1.82) is 0 Å². The second-order valence-corrected chi connectivity index (χ2v) is 5.76. The summed E-state index contributed by atoms with van der Waals surface area (Å²) in [7, 11) is 1.30. The first kappa shape index (κ1) is 17.9. The van der Waals surface area contributed by atoms with E-state index in [0.717, 1.165) is 10.8 Å². The van der Waals surface area contributed by atoms with Gasteiger partial charge in [-0.15, -0.1) is 0 Å². The minimum absolute atomic E-state index is 0.000959. The molecule has 0 aliphatic heterocycles. The van der Waals surface area contributed by atoms with E-state index in [4.69, 9.17) is 5.11 Å². The fraction of sp³-hybridized carbons (Fsp3) is 0.0500. The Balaban J connectivity index is 1.89. The van der Waals surface area contributed by atoms with Gasteiger partial charge >= 0.3 is 11.9 Å². The molecule has 136 valence electrons. The molecule has 0 atom stereocenters. The van der Waals surface area contributed by atoms with Crippen LogP contribution in [0.4, 0.5) is 5.69 Å². The van der Waals surface area contributed by atoms with E-state index in [1.165, 1.54) is 25.3 Å². The average molecular weight is 365 g/mol. The molecule has 7 heteroatoms. The molecule has 3 rings (SSSR count). The van der Waals surface area contributed by atoms with Crippen molar-refractivity contribution in [2.45, 2.75) is 0 Å². The standard InChI is InChI=1S/C20H15NO6/c1-27-20(26)15-5-3-11-8-13(4-2-12(11)9-15)18(23)21-16-10-14(19(24)25)6-7-17(16)22/h2-10,22H,1H3,(H,21,23)(H,24,25). The number of aromatic hydroxyl groups is 1. The number of carboxylic acid groups (broad SMARTS) is 1. The number of nitrogens with one attached hydrogen (secondary N) is 1. The highest BCUT2D eigenvalue weighted by atomic mass is 16.5. The zero-order chi connectivity index (χ0) is 19.6. The number of benzene rings is 3. The molecule has 0 saturated heterocycles. The molecule has 0 bridgehead atoms. The van der Waals surface area contributed by atoms with Gasteiger partial charge in [0.15, 0.2) is 0 Å². The molecule has 0 saturated carbocycles. The van der Waals surface area contributed by atoms with Gasteiger partial charge in [0.2, 0.25) is 0 Å².